The summed E-state index contributed by atoms with van der Waals surface area (Å²) in [6, 6.07) is 18.4. The van der Waals surface area contributed by atoms with E-state index in [1.165, 1.54) is 0 Å². The molecular weight excluding hydrogens is 376 g/mol. The van der Waals surface area contributed by atoms with Gasteiger partial charge in [0.15, 0.2) is 5.82 Å². The van der Waals surface area contributed by atoms with Gasteiger partial charge in [0.2, 0.25) is 0 Å². The molecule has 1 aromatic heterocycles. The third-order valence-electron chi connectivity index (χ3n) is 4.54. The lowest BCUT2D eigenvalue weighted by Gasteiger charge is -2.27. The fourth-order valence-electron chi connectivity index (χ4n) is 3.01. The SMILES string of the molecule is O=C(Nc1ccc(-c2ccc(N3CCOCC3)nn2)cc1)c1ccccc1Cl. The van der Waals surface area contributed by atoms with Crippen LogP contribution in [0.5, 0.6) is 0 Å². The highest BCUT2D eigenvalue weighted by molar-refractivity contribution is 6.34. The minimum Gasteiger partial charge on any atom is -0.378 e. The Morgan fingerprint density at radius 1 is 0.964 bits per heavy atom. The van der Waals surface area contributed by atoms with Crippen molar-refractivity contribution in [2.75, 3.05) is 36.5 Å². The van der Waals surface area contributed by atoms with Crippen LogP contribution >= 0.6 is 11.6 Å². The molecule has 1 amide bonds. The Morgan fingerprint density at radius 2 is 1.71 bits per heavy atom. The molecule has 0 unspecified atom stereocenters. The van der Waals surface area contributed by atoms with E-state index in [9.17, 15) is 4.79 Å². The molecule has 6 nitrogen and oxygen atoms in total. The number of benzene rings is 2. The number of halogens is 1. The van der Waals surface area contributed by atoms with Crippen LogP contribution in [0.2, 0.25) is 5.02 Å². The van der Waals surface area contributed by atoms with Gasteiger partial charge in [-0.1, -0.05) is 35.9 Å². The summed E-state index contributed by atoms with van der Waals surface area (Å²) in [5.41, 5.74) is 2.84. The Bertz CT molecular complexity index is 955. The first-order valence-corrected chi connectivity index (χ1v) is 9.41. The number of morpholine rings is 1. The van der Waals surface area contributed by atoms with E-state index in [1.807, 2.05) is 36.4 Å². The van der Waals surface area contributed by atoms with Crippen LogP contribution in [0.1, 0.15) is 10.4 Å². The second-order valence-corrected chi connectivity index (χ2v) is 6.79. The summed E-state index contributed by atoms with van der Waals surface area (Å²) < 4.78 is 5.36. The first kappa shape index (κ1) is 18.4. The van der Waals surface area contributed by atoms with Crippen LogP contribution in [-0.4, -0.2) is 42.4 Å². The maximum atomic E-state index is 12.3. The number of anilines is 2. The summed E-state index contributed by atoms with van der Waals surface area (Å²) in [6.07, 6.45) is 0. The third kappa shape index (κ3) is 4.13. The zero-order chi connectivity index (χ0) is 19.3. The average Bonchev–Trinajstić information content (AvgIpc) is 2.75. The van der Waals surface area contributed by atoms with Crippen LogP contribution in [0.4, 0.5) is 11.5 Å². The molecule has 142 valence electrons. The Morgan fingerprint density at radius 3 is 2.39 bits per heavy atom. The van der Waals surface area contributed by atoms with Crippen molar-refractivity contribution in [3.8, 4) is 11.3 Å². The van der Waals surface area contributed by atoms with Crippen molar-refractivity contribution in [2.45, 2.75) is 0 Å². The molecule has 0 atom stereocenters. The van der Waals surface area contributed by atoms with E-state index < -0.39 is 0 Å². The highest BCUT2D eigenvalue weighted by Gasteiger charge is 2.13. The van der Waals surface area contributed by atoms with Gasteiger partial charge in [0, 0.05) is 24.3 Å². The normalized spacial score (nSPS) is 14.0. The average molecular weight is 395 g/mol. The van der Waals surface area contributed by atoms with Gasteiger partial charge in [-0.2, -0.15) is 0 Å². The molecular formula is C21H19ClN4O2. The van der Waals surface area contributed by atoms with Gasteiger partial charge < -0.3 is 15.0 Å². The van der Waals surface area contributed by atoms with Gasteiger partial charge in [-0.05, 0) is 36.4 Å². The number of ether oxygens (including phenoxy) is 1. The molecule has 0 saturated carbocycles. The Balaban J connectivity index is 1.44. The molecule has 2 heterocycles. The molecule has 1 saturated heterocycles. The zero-order valence-corrected chi connectivity index (χ0v) is 15.9. The van der Waals surface area contributed by atoms with Crippen molar-refractivity contribution >= 4 is 29.0 Å². The van der Waals surface area contributed by atoms with Crippen molar-refractivity contribution in [2.24, 2.45) is 0 Å². The lowest BCUT2D eigenvalue weighted by molar-refractivity contribution is 0.102. The molecule has 0 radical (unpaired) electrons. The van der Waals surface area contributed by atoms with E-state index in [0.717, 1.165) is 30.2 Å². The van der Waals surface area contributed by atoms with Gasteiger partial charge in [-0.3, -0.25) is 4.79 Å². The quantitative estimate of drug-likeness (QED) is 0.727. The van der Waals surface area contributed by atoms with Gasteiger partial charge in [0.05, 0.1) is 29.5 Å². The maximum absolute atomic E-state index is 12.3. The zero-order valence-electron chi connectivity index (χ0n) is 15.1. The predicted molar refractivity (Wildman–Crippen MR) is 110 cm³/mol. The van der Waals surface area contributed by atoms with E-state index in [1.54, 1.807) is 24.3 Å². The molecule has 4 rings (SSSR count). The van der Waals surface area contributed by atoms with Crippen molar-refractivity contribution in [3.05, 3.63) is 71.2 Å². The lowest BCUT2D eigenvalue weighted by atomic mass is 10.1. The van der Waals surface area contributed by atoms with Gasteiger partial charge in [0.25, 0.3) is 5.91 Å². The second kappa shape index (κ2) is 8.37. The van der Waals surface area contributed by atoms with Crippen molar-refractivity contribution in [1.82, 2.24) is 10.2 Å². The molecule has 3 aromatic rings. The number of hydrogen-bond acceptors (Lipinski definition) is 5. The third-order valence-corrected chi connectivity index (χ3v) is 4.87. The molecule has 1 aliphatic heterocycles. The predicted octanol–water partition coefficient (Wildman–Crippen LogP) is 3.89. The Hall–Kier alpha value is -2.96. The van der Waals surface area contributed by atoms with Crippen LogP contribution in [0.15, 0.2) is 60.7 Å². The standard InChI is InChI=1S/C21H19ClN4O2/c22-18-4-2-1-3-17(18)21(27)23-16-7-5-15(6-8-16)19-9-10-20(25-24-19)26-11-13-28-14-12-26/h1-10H,11-14H2,(H,23,27). The second-order valence-electron chi connectivity index (χ2n) is 6.39. The summed E-state index contributed by atoms with van der Waals surface area (Å²) in [7, 11) is 0. The maximum Gasteiger partial charge on any atom is 0.257 e. The van der Waals surface area contributed by atoms with Gasteiger partial charge >= 0.3 is 0 Å². The number of aromatic nitrogens is 2. The fourth-order valence-corrected chi connectivity index (χ4v) is 3.23. The summed E-state index contributed by atoms with van der Waals surface area (Å²) in [5, 5.41) is 11.9. The summed E-state index contributed by atoms with van der Waals surface area (Å²) in [6.45, 7) is 3.08. The number of carbonyl (C=O) groups is 1. The molecule has 0 bridgehead atoms. The smallest absolute Gasteiger partial charge is 0.257 e. The van der Waals surface area contributed by atoms with Crippen molar-refractivity contribution < 1.29 is 9.53 Å². The number of nitrogens with one attached hydrogen (secondary N) is 1. The van der Waals surface area contributed by atoms with E-state index in [-0.39, 0.29) is 5.91 Å². The van der Waals surface area contributed by atoms with E-state index >= 15 is 0 Å². The first-order valence-electron chi connectivity index (χ1n) is 9.03. The minimum absolute atomic E-state index is 0.243. The topological polar surface area (TPSA) is 67.4 Å². The molecule has 1 aliphatic rings. The lowest BCUT2D eigenvalue weighted by Crippen LogP contribution is -2.36. The molecule has 1 N–H and O–H groups in total. The van der Waals surface area contributed by atoms with Crippen LogP contribution in [0.3, 0.4) is 0 Å². The number of rotatable bonds is 4. The number of amides is 1. The van der Waals surface area contributed by atoms with Gasteiger partial charge in [-0.25, -0.2) is 0 Å². The van der Waals surface area contributed by atoms with Crippen molar-refractivity contribution in [1.29, 1.82) is 0 Å². The summed E-state index contributed by atoms with van der Waals surface area (Å²) in [4.78, 5) is 14.5. The number of carbonyl (C=O) groups excluding carboxylic acids is 1. The van der Waals surface area contributed by atoms with Crippen LogP contribution in [-0.2, 0) is 4.74 Å². The molecule has 0 aliphatic carbocycles. The number of hydrogen-bond donors (Lipinski definition) is 1. The van der Waals surface area contributed by atoms with E-state index in [0.29, 0.717) is 29.5 Å². The van der Waals surface area contributed by atoms with Gasteiger partial charge in [0.1, 0.15) is 0 Å². The minimum atomic E-state index is -0.243. The fraction of sp³-hybridized carbons (Fsp3) is 0.190. The molecule has 28 heavy (non-hydrogen) atoms. The van der Waals surface area contributed by atoms with Crippen LogP contribution in [0, 0.1) is 0 Å². The monoisotopic (exact) mass is 394 g/mol. The first-order chi connectivity index (χ1) is 13.7. The summed E-state index contributed by atoms with van der Waals surface area (Å²) in [5.74, 6) is 0.615. The molecule has 0 spiro atoms. The van der Waals surface area contributed by atoms with E-state index in [4.69, 9.17) is 16.3 Å². The number of nitrogens with zero attached hydrogens (tertiary/aromatic N) is 3. The van der Waals surface area contributed by atoms with Crippen molar-refractivity contribution in [3.63, 3.8) is 0 Å². The highest BCUT2D eigenvalue weighted by Crippen LogP contribution is 2.22. The highest BCUT2D eigenvalue weighted by atomic mass is 35.5. The largest absolute Gasteiger partial charge is 0.378 e. The van der Waals surface area contributed by atoms with Gasteiger partial charge in [-0.15, -0.1) is 10.2 Å². The van der Waals surface area contributed by atoms with Crippen LogP contribution < -0.4 is 10.2 Å². The van der Waals surface area contributed by atoms with Crippen LogP contribution in [0.25, 0.3) is 11.3 Å². The Kier molecular flexibility index (Phi) is 5.50. The summed E-state index contributed by atoms with van der Waals surface area (Å²) >= 11 is 6.07. The molecule has 2 aromatic carbocycles. The molecule has 7 heteroatoms. The van der Waals surface area contributed by atoms with E-state index in [2.05, 4.69) is 20.4 Å². The molecule has 1 fully saturated rings. The Labute approximate surface area is 168 Å².